The summed E-state index contributed by atoms with van der Waals surface area (Å²) in [6.07, 6.45) is 4.12. The lowest BCUT2D eigenvalue weighted by Crippen LogP contribution is -2.40. The van der Waals surface area contributed by atoms with E-state index in [0.29, 0.717) is 23.2 Å². The summed E-state index contributed by atoms with van der Waals surface area (Å²) in [5.41, 5.74) is 2.01. The van der Waals surface area contributed by atoms with E-state index >= 15 is 0 Å². The molecule has 0 saturated heterocycles. The Bertz CT molecular complexity index is 614. The largest absolute Gasteiger partial charge is 0.480 e. The zero-order chi connectivity index (χ0) is 16.9. The van der Waals surface area contributed by atoms with Crippen LogP contribution in [-0.4, -0.2) is 33.8 Å². The minimum atomic E-state index is -1.10. The van der Waals surface area contributed by atoms with Gasteiger partial charge in [-0.05, 0) is 39.2 Å². The molecule has 1 unspecified atom stereocenters. The monoisotopic (exact) mass is 306 g/mol. The van der Waals surface area contributed by atoms with Gasteiger partial charge in [0, 0.05) is 11.3 Å². The first-order valence-electron chi connectivity index (χ1n) is 7.20. The molecule has 6 heteroatoms. The van der Waals surface area contributed by atoms with Crippen molar-refractivity contribution in [3.63, 3.8) is 0 Å². The van der Waals surface area contributed by atoms with Gasteiger partial charge >= 0.3 is 5.97 Å². The van der Waals surface area contributed by atoms with Crippen LogP contribution in [-0.2, 0) is 11.2 Å². The van der Waals surface area contributed by atoms with Crippen LogP contribution in [0.15, 0.2) is 12.2 Å². The van der Waals surface area contributed by atoms with Crippen molar-refractivity contribution in [3.8, 4) is 0 Å². The number of carboxylic acids is 1. The van der Waals surface area contributed by atoms with Gasteiger partial charge in [-0.2, -0.15) is 0 Å². The Hall–Kier alpha value is -2.37. The third kappa shape index (κ3) is 3.84. The number of ketones is 1. The molecule has 0 aliphatic carbocycles. The highest BCUT2D eigenvalue weighted by Crippen LogP contribution is 2.20. The van der Waals surface area contributed by atoms with Crippen molar-refractivity contribution in [1.29, 1.82) is 0 Å². The summed E-state index contributed by atoms with van der Waals surface area (Å²) in [6.45, 7) is 6.80. The van der Waals surface area contributed by atoms with Crippen LogP contribution < -0.4 is 5.32 Å². The average molecular weight is 306 g/mol. The van der Waals surface area contributed by atoms with E-state index in [0.717, 1.165) is 0 Å². The number of carboxylic acid groups (broad SMARTS) is 1. The highest BCUT2D eigenvalue weighted by Gasteiger charge is 2.25. The minimum absolute atomic E-state index is 0.117. The standard InChI is InChI=1S/C16H22N2O4/c1-5-7-8-12(16(21)22)18-15(20)14-11(6-2)13(10(4)19)9(3)17-14/h5,7,12,17H,6,8H2,1-4H3,(H,18,20)(H,21,22)/b7-5+. The fraction of sp³-hybridized carbons (Fsp3) is 0.438. The summed E-state index contributed by atoms with van der Waals surface area (Å²) in [6, 6.07) is -1.00. The van der Waals surface area contributed by atoms with E-state index in [2.05, 4.69) is 10.3 Å². The highest BCUT2D eigenvalue weighted by molar-refractivity contribution is 6.03. The number of rotatable bonds is 7. The van der Waals surface area contributed by atoms with Crippen molar-refractivity contribution in [1.82, 2.24) is 10.3 Å². The Kier molecular flexibility index (Phi) is 6.10. The van der Waals surface area contributed by atoms with Crippen LogP contribution in [0, 0.1) is 6.92 Å². The molecule has 1 amide bonds. The maximum absolute atomic E-state index is 12.3. The summed E-state index contributed by atoms with van der Waals surface area (Å²) in [4.78, 5) is 38.1. The van der Waals surface area contributed by atoms with E-state index in [-0.39, 0.29) is 17.9 Å². The number of nitrogens with one attached hydrogen (secondary N) is 2. The predicted octanol–water partition coefficient (Wildman–Crippen LogP) is 2.24. The average Bonchev–Trinajstić information content (AvgIpc) is 2.79. The first kappa shape index (κ1) is 17.7. The summed E-state index contributed by atoms with van der Waals surface area (Å²) in [5, 5.41) is 11.6. The van der Waals surface area contributed by atoms with E-state index in [1.54, 1.807) is 26.0 Å². The van der Waals surface area contributed by atoms with Crippen molar-refractivity contribution >= 4 is 17.7 Å². The highest BCUT2D eigenvalue weighted by atomic mass is 16.4. The Morgan fingerprint density at radius 3 is 2.45 bits per heavy atom. The van der Waals surface area contributed by atoms with E-state index in [4.69, 9.17) is 5.11 Å². The quantitative estimate of drug-likeness (QED) is 0.531. The van der Waals surface area contributed by atoms with Crippen LogP contribution in [0.3, 0.4) is 0 Å². The van der Waals surface area contributed by atoms with Crippen LogP contribution in [0.2, 0.25) is 0 Å². The van der Waals surface area contributed by atoms with E-state index < -0.39 is 17.9 Å². The summed E-state index contributed by atoms with van der Waals surface area (Å²) >= 11 is 0. The molecule has 0 saturated carbocycles. The molecule has 0 aliphatic heterocycles. The molecule has 0 fully saturated rings. The molecule has 1 aromatic heterocycles. The van der Waals surface area contributed by atoms with Gasteiger partial charge in [-0.15, -0.1) is 0 Å². The van der Waals surface area contributed by atoms with Gasteiger partial charge in [0.1, 0.15) is 11.7 Å². The number of allylic oxidation sites excluding steroid dienone is 1. The van der Waals surface area contributed by atoms with Crippen LogP contribution in [0.5, 0.6) is 0 Å². The number of carbonyl (C=O) groups excluding carboxylic acids is 2. The molecule has 1 rings (SSSR count). The number of aromatic amines is 1. The second-order valence-electron chi connectivity index (χ2n) is 5.06. The molecule has 1 atom stereocenters. The van der Waals surface area contributed by atoms with Crippen molar-refractivity contribution in [2.45, 2.75) is 46.6 Å². The molecule has 0 spiro atoms. The number of aromatic nitrogens is 1. The van der Waals surface area contributed by atoms with Crippen LogP contribution >= 0.6 is 0 Å². The zero-order valence-electron chi connectivity index (χ0n) is 13.3. The van der Waals surface area contributed by atoms with Gasteiger partial charge in [-0.3, -0.25) is 9.59 Å². The summed E-state index contributed by atoms with van der Waals surface area (Å²) in [7, 11) is 0. The SMILES string of the molecule is C/C=C/CC(NC(=O)c1[nH]c(C)c(C(C)=O)c1CC)C(=O)O. The third-order valence-electron chi connectivity index (χ3n) is 3.43. The molecule has 0 radical (unpaired) electrons. The first-order valence-corrected chi connectivity index (χ1v) is 7.20. The van der Waals surface area contributed by atoms with Gasteiger partial charge in [0.15, 0.2) is 5.78 Å². The topological polar surface area (TPSA) is 99.3 Å². The second kappa shape index (κ2) is 7.59. The van der Waals surface area contributed by atoms with Gasteiger partial charge < -0.3 is 15.4 Å². The molecule has 3 N–H and O–H groups in total. The minimum Gasteiger partial charge on any atom is -0.480 e. The lowest BCUT2D eigenvalue weighted by atomic mass is 10.0. The van der Waals surface area contributed by atoms with Gasteiger partial charge in [0.2, 0.25) is 0 Å². The molecule has 0 aromatic carbocycles. The number of hydrogen-bond acceptors (Lipinski definition) is 3. The normalized spacial score (nSPS) is 12.4. The third-order valence-corrected chi connectivity index (χ3v) is 3.43. The number of H-pyrrole nitrogens is 1. The Morgan fingerprint density at radius 1 is 1.36 bits per heavy atom. The fourth-order valence-electron chi connectivity index (χ4n) is 2.42. The van der Waals surface area contributed by atoms with E-state index in [1.807, 2.05) is 6.92 Å². The molecule has 120 valence electrons. The lowest BCUT2D eigenvalue weighted by Gasteiger charge is -2.13. The molecule has 1 heterocycles. The Labute approximate surface area is 129 Å². The molecular weight excluding hydrogens is 284 g/mol. The Balaban J connectivity index is 3.10. The van der Waals surface area contributed by atoms with E-state index in [9.17, 15) is 14.4 Å². The van der Waals surface area contributed by atoms with Crippen LogP contribution in [0.4, 0.5) is 0 Å². The molecule has 0 aliphatic rings. The summed E-state index contributed by atoms with van der Waals surface area (Å²) in [5.74, 6) is -1.72. The summed E-state index contributed by atoms with van der Waals surface area (Å²) < 4.78 is 0. The molecular formula is C16H22N2O4. The van der Waals surface area contributed by atoms with Crippen molar-refractivity contribution < 1.29 is 19.5 Å². The number of carbonyl (C=O) groups is 3. The zero-order valence-corrected chi connectivity index (χ0v) is 13.3. The maximum atomic E-state index is 12.3. The van der Waals surface area contributed by atoms with Gasteiger partial charge in [-0.25, -0.2) is 4.79 Å². The molecule has 0 bridgehead atoms. The lowest BCUT2D eigenvalue weighted by molar-refractivity contribution is -0.139. The van der Waals surface area contributed by atoms with Crippen molar-refractivity contribution in [2.75, 3.05) is 0 Å². The number of hydrogen-bond donors (Lipinski definition) is 3. The molecule has 22 heavy (non-hydrogen) atoms. The van der Waals surface area contributed by atoms with Crippen molar-refractivity contribution in [2.24, 2.45) is 0 Å². The molecule has 6 nitrogen and oxygen atoms in total. The van der Waals surface area contributed by atoms with Gasteiger partial charge in [-0.1, -0.05) is 19.1 Å². The molecule has 1 aromatic rings. The number of Topliss-reactive ketones (excluding diaryl/α,β-unsaturated/α-hetero) is 1. The van der Waals surface area contributed by atoms with Crippen LogP contribution in [0.25, 0.3) is 0 Å². The van der Waals surface area contributed by atoms with E-state index in [1.165, 1.54) is 6.92 Å². The predicted molar refractivity (Wildman–Crippen MR) is 83.2 cm³/mol. The number of aliphatic carboxylic acids is 1. The van der Waals surface area contributed by atoms with Gasteiger partial charge in [0.05, 0.1) is 0 Å². The fourth-order valence-corrected chi connectivity index (χ4v) is 2.42. The van der Waals surface area contributed by atoms with Gasteiger partial charge in [0.25, 0.3) is 5.91 Å². The van der Waals surface area contributed by atoms with Crippen LogP contribution in [0.1, 0.15) is 59.3 Å². The number of aryl methyl sites for hydroxylation is 1. The second-order valence-corrected chi connectivity index (χ2v) is 5.06. The van der Waals surface area contributed by atoms with Crippen molar-refractivity contribution in [3.05, 3.63) is 34.7 Å². The number of amides is 1. The first-order chi connectivity index (χ1) is 10.3. The maximum Gasteiger partial charge on any atom is 0.326 e. The smallest absolute Gasteiger partial charge is 0.326 e. The Morgan fingerprint density at radius 2 is 2.00 bits per heavy atom.